The summed E-state index contributed by atoms with van der Waals surface area (Å²) in [4.78, 5) is 25.5. The Morgan fingerprint density at radius 3 is 2.12 bits per heavy atom. The molecule has 0 aliphatic heterocycles. The summed E-state index contributed by atoms with van der Waals surface area (Å²) in [6, 6.07) is 24.1. The standard InChI is InChI=1S/C27H24ClN3O2/c1-17(2)25(30-26(32)20-10-7-11-21(28)15-20)27(33)31-29-16-24-22-12-5-3-8-18(22)14-19-9-4-6-13-23(19)24/h3-17,25H,1-2H3,(H,30,32)(H,31,33)/b29-16-. The van der Waals surface area contributed by atoms with E-state index in [4.69, 9.17) is 11.6 Å². The van der Waals surface area contributed by atoms with Crippen LogP contribution < -0.4 is 10.7 Å². The molecule has 0 aliphatic rings. The molecule has 4 aromatic carbocycles. The van der Waals surface area contributed by atoms with Crippen LogP contribution in [0, 0.1) is 5.92 Å². The number of rotatable bonds is 6. The van der Waals surface area contributed by atoms with Gasteiger partial charge in [0.1, 0.15) is 6.04 Å². The van der Waals surface area contributed by atoms with E-state index in [0.717, 1.165) is 27.1 Å². The van der Waals surface area contributed by atoms with Gasteiger partial charge in [-0.25, -0.2) is 5.43 Å². The molecule has 4 rings (SSSR count). The Hall–Kier alpha value is -3.70. The second kappa shape index (κ2) is 9.84. The van der Waals surface area contributed by atoms with Crippen LogP contribution in [0.25, 0.3) is 21.5 Å². The smallest absolute Gasteiger partial charge is 0.262 e. The van der Waals surface area contributed by atoms with Gasteiger partial charge in [0.05, 0.1) is 6.21 Å². The second-order valence-corrected chi connectivity index (χ2v) is 8.61. The van der Waals surface area contributed by atoms with Crippen LogP contribution in [0.1, 0.15) is 29.8 Å². The molecule has 1 unspecified atom stereocenters. The zero-order valence-corrected chi connectivity index (χ0v) is 19.1. The molecule has 6 heteroatoms. The summed E-state index contributed by atoms with van der Waals surface area (Å²) in [6.07, 6.45) is 1.67. The number of fused-ring (bicyclic) bond motifs is 2. The molecule has 33 heavy (non-hydrogen) atoms. The lowest BCUT2D eigenvalue weighted by Gasteiger charge is -2.20. The third-order valence-corrected chi connectivity index (χ3v) is 5.74. The molecule has 5 nitrogen and oxygen atoms in total. The molecule has 2 N–H and O–H groups in total. The number of carbonyl (C=O) groups excluding carboxylic acids is 2. The van der Waals surface area contributed by atoms with E-state index in [1.165, 1.54) is 0 Å². The van der Waals surface area contributed by atoms with Crippen LogP contribution in [-0.4, -0.2) is 24.1 Å². The third-order valence-electron chi connectivity index (χ3n) is 5.50. The highest BCUT2D eigenvalue weighted by Gasteiger charge is 2.24. The van der Waals surface area contributed by atoms with Gasteiger partial charge >= 0.3 is 0 Å². The zero-order valence-electron chi connectivity index (χ0n) is 18.4. The highest BCUT2D eigenvalue weighted by molar-refractivity contribution is 6.31. The molecule has 4 aromatic rings. The molecular weight excluding hydrogens is 434 g/mol. The Morgan fingerprint density at radius 2 is 1.52 bits per heavy atom. The number of hydrogen-bond acceptors (Lipinski definition) is 3. The molecule has 0 saturated carbocycles. The van der Waals surface area contributed by atoms with Crippen molar-refractivity contribution in [2.45, 2.75) is 19.9 Å². The van der Waals surface area contributed by atoms with Crippen molar-refractivity contribution in [1.29, 1.82) is 0 Å². The van der Waals surface area contributed by atoms with E-state index in [-0.39, 0.29) is 17.7 Å². The van der Waals surface area contributed by atoms with E-state index < -0.39 is 6.04 Å². The SMILES string of the molecule is CC(C)C(NC(=O)c1cccc(Cl)c1)C(=O)N/N=C\c1c2ccccc2cc2ccccc12. The lowest BCUT2D eigenvalue weighted by molar-refractivity contribution is -0.123. The van der Waals surface area contributed by atoms with Gasteiger partial charge in [0, 0.05) is 16.1 Å². The second-order valence-electron chi connectivity index (χ2n) is 8.17. The van der Waals surface area contributed by atoms with Crippen molar-refractivity contribution in [1.82, 2.24) is 10.7 Å². The van der Waals surface area contributed by atoms with Crippen LogP contribution in [-0.2, 0) is 4.79 Å². The Kier molecular flexibility index (Phi) is 6.71. The van der Waals surface area contributed by atoms with E-state index in [1.54, 1.807) is 30.5 Å². The van der Waals surface area contributed by atoms with Crippen molar-refractivity contribution in [2.24, 2.45) is 11.0 Å². The minimum absolute atomic E-state index is 0.137. The van der Waals surface area contributed by atoms with Gasteiger partial charge in [-0.1, -0.05) is 80.0 Å². The number of halogens is 1. The van der Waals surface area contributed by atoms with Crippen molar-refractivity contribution in [3.63, 3.8) is 0 Å². The zero-order chi connectivity index (χ0) is 23.4. The summed E-state index contributed by atoms with van der Waals surface area (Å²) >= 11 is 5.98. The maximum Gasteiger partial charge on any atom is 0.262 e. The molecular formula is C27H24ClN3O2. The molecule has 1 atom stereocenters. The van der Waals surface area contributed by atoms with E-state index in [9.17, 15) is 9.59 Å². The number of nitrogens with zero attached hydrogens (tertiary/aromatic N) is 1. The number of nitrogens with one attached hydrogen (secondary N) is 2. The third kappa shape index (κ3) is 5.04. The van der Waals surface area contributed by atoms with Crippen LogP contribution in [0.4, 0.5) is 0 Å². The van der Waals surface area contributed by atoms with Crippen LogP contribution in [0.2, 0.25) is 5.02 Å². The monoisotopic (exact) mass is 457 g/mol. The van der Waals surface area contributed by atoms with Gasteiger partial charge in [-0.3, -0.25) is 9.59 Å². The minimum Gasteiger partial charge on any atom is -0.340 e. The molecule has 166 valence electrons. The molecule has 0 fully saturated rings. The lowest BCUT2D eigenvalue weighted by Crippen LogP contribution is -2.48. The maximum atomic E-state index is 12.9. The Morgan fingerprint density at radius 1 is 0.879 bits per heavy atom. The van der Waals surface area contributed by atoms with Gasteiger partial charge < -0.3 is 5.32 Å². The average Bonchev–Trinajstić information content (AvgIpc) is 2.81. The lowest BCUT2D eigenvalue weighted by atomic mass is 9.97. The Labute approximate surface area is 197 Å². The van der Waals surface area contributed by atoms with E-state index in [1.807, 2.05) is 50.2 Å². The highest BCUT2D eigenvalue weighted by Crippen LogP contribution is 2.27. The quantitative estimate of drug-likeness (QED) is 0.226. The fourth-order valence-electron chi connectivity index (χ4n) is 3.81. The molecule has 0 radical (unpaired) electrons. The summed E-state index contributed by atoms with van der Waals surface area (Å²) < 4.78 is 0. The summed E-state index contributed by atoms with van der Waals surface area (Å²) in [5.41, 5.74) is 3.92. The highest BCUT2D eigenvalue weighted by atomic mass is 35.5. The van der Waals surface area contributed by atoms with Crippen LogP contribution in [0.3, 0.4) is 0 Å². The van der Waals surface area contributed by atoms with Gasteiger partial charge in [0.15, 0.2) is 0 Å². The van der Waals surface area contributed by atoms with Gasteiger partial charge in [-0.05, 0) is 51.7 Å². The molecule has 0 aliphatic carbocycles. The van der Waals surface area contributed by atoms with Gasteiger partial charge in [-0.15, -0.1) is 0 Å². The normalized spacial score (nSPS) is 12.4. The Balaban J connectivity index is 1.56. The first kappa shape index (κ1) is 22.5. The number of carbonyl (C=O) groups is 2. The molecule has 0 spiro atoms. The summed E-state index contributed by atoms with van der Waals surface area (Å²) in [5, 5.41) is 11.8. The number of amides is 2. The summed E-state index contributed by atoms with van der Waals surface area (Å²) in [5.74, 6) is -0.890. The maximum absolute atomic E-state index is 12.9. The van der Waals surface area contributed by atoms with E-state index in [0.29, 0.717) is 10.6 Å². The van der Waals surface area contributed by atoms with Gasteiger partial charge in [-0.2, -0.15) is 5.10 Å². The number of benzene rings is 4. The number of hydrogen-bond donors (Lipinski definition) is 2. The van der Waals surface area contributed by atoms with Crippen molar-refractivity contribution in [2.75, 3.05) is 0 Å². The molecule has 0 aromatic heterocycles. The van der Waals surface area contributed by atoms with E-state index >= 15 is 0 Å². The first-order chi connectivity index (χ1) is 15.9. The van der Waals surface area contributed by atoms with Crippen molar-refractivity contribution in [3.8, 4) is 0 Å². The predicted octanol–water partition coefficient (Wildman–Crippen LogP) is 5.55. The van der Waals surface area contributed by atoms with Crippen molar-refractivity contribution >= 4 is 51.2 Å². The predicted molar refractivity (Wildman–Crippen MR) is 135 cm³/mol. The molecule has 0 heterocycles. The first-order valence-corrected chi connectivity index (χ1v) is 11.1. The van der Waals surface area contributed by atoms with Crippen molar-refractivity contribution in [3.05, 3.63) is 95.0 Å². The van der Waals surface area contributed by atoms with Gasteiger partial charge in [0.25, 0.3) is 11.8 Å². The first-order valence-electron chi connectivity index (χ1n) is 10.7. The summed E-state index contributed by atoms with van der Waals surface area (Å²) in [6.45, 7) is 3.73. The summed E-state index contributed by atoms with van der Waals surface area (Å²) in [7, 11) is 0. The Bertz CT molecular complexity index is 1310. The van der Waals surface area contributed by atoms with Crippen LogP contribution >= 0.6 is 11.6 Å². The number of hydrazone groups is 1. The average molecular weight is 458 g/mol. The fraction of sp³-hybridized carbons (Fsp3) is 0.148. The fourth-order valence-corrected chi connectivity index (χ4v) is 4.00. The van der Waals surface area contributed by atoms with Crippen LogP contribution in [0.15, 0.2) is 84.0 Å². The van der Waals surface area contributed by atoms with E-state index in [2.05, 4.69) is 34.0 Å². The largest absolute Gasteiger partial charge is 0.340 e. The minimum atomic E-state index is -0.752. The van der Waals surface area contributed by atoms with Crippen molar-refractivity contribution < 1.29 is 9.59 Å². The molecule has 0 saturated heterocycles. The topological polar surface area (TPSA) is 70.6 Å². The molecule has 2 amide bonds. The van der Waals surface area contributed by atoms with Gasteiger partial charge in [0.2, 0.25) is 0 Å². The molecule has 0 bridgehead atoms. The van der Waals surface area contributed by atoms with Crippen LogP contribution in [0.5, 0.6) is 0 Å².